The molecule has 6 heteroatoms. The summed E-state index contributed by atoms with van der Waals surface area (Å²) in [4.78, 5) is 3.78. The zero-order valence-corrected chi connectivity index (χ0v) is 9.92. The smallest absolute Gasteiger partial charge is 0.166 e. The lowest BCUT2D eigenvalue weighted by molar-refractivity contribution is 0.280. The van der Waals surface area contributed by atoms with Crippen LogP contribution in [0.1, 0.15) is 5.69 Å². The largest absolute Gasteiger partial charge is 0.484 e. The molecule has 0 aliphatic heterocycles. The Kier molecular flexibility index (Phi) is 3.62. The van der Waals surface area contributed by atoms with Crippen LogP contribution in [0, 0.1) is 11.6 Å². The highest BCUT2D eigenvalue weighted by Crippen LogP contribution is 2.28. The van der Waals surface area contributed by atoms with Crippen LogP contribution in [-0.2, 0) is 6.61 Å². The molecule has 0 atom stereocenters. The molecule has 0 spiro atoms. The van der Waals surface area contributed by atoms with E-state index in [4.69, 9.17) is 22.1 Å². The first-order valence-electron chi connectivity index (χ1n) is 5.04. The number of ether oxygens (including phenoxy) is 1. The van der Waals surface area contributed by atoms with E-state index in [-0.39, 0.29) is 28.8 Å². The van der Waals surface area contributed by atoms with Gasteiger partial charge in [0.25, 0.3) is 0 Å². The van der Waals surface area contributed by atoms with Gasteiger partial charge >= 0.3 is 0 Å². The van der Waals surface area contributed by atoms with Crippen molar-refractivity contribution >= 4 is 17.3 Å². The third-order valence-corrected chi connectivity index (χ3v) is 2.58. The van der Waals surface area contributed by atoms with Crippen LogP contribution in [0.3, 0.4) is 0 Å². The molecule has 0 aliphatic rings. The number of pyridine rings is 1. The van der Waals surface area contributed by atoms with E-state index < -0.39 is 11.6 Å². The molecule has 0 radical (unpaired) electrons. The van der Waals surface area contributed by atoms with Crippen molar-refractivity contribution < 1.29 is 13.5 Å². The summed E-state index contributed by atoms with van der Waals surface area (Å²) < 4.78 is 31.8. The molecule has 3 nitrogen and oxygen atoms in total. The van der Waals surface area contributed by atoms with Crippen molar-refractivity contribution in [3.63, 3.8) is 0 Å². The molecule has 0 saturated carbocycles. The Hall–Kier alpha value is -1.88. The van der Waals surface area contributed by atoms with E-state index in [2.05, 4.69) is 4.98 Å². The number of nitrogens with zero attached hydrogens (tertiary/aromatic N) is 1. The molecule has 0 aliphatic carbocycles. The maximum Gasteiger partial charge on any atom is 0.166 e. The second-order valence-electron chi connectivity index (χ2n) is 3.52. The first-order valence-corrected chi connectivity index (χ1v) is 5.42. The standard InChI is InChI=1S/C12H9ClF2N2O/c13-7-4-9(15)12(5-10(7)16)18-6-11-8(14)2-1-3-17-11/h1-5H,6,16H2. The zero-order chi connectivity index (χ0) is 13.1. The van der Waals surface area contributed by atoms with E-state index in [9.17, 15) is 8.78 Å². The monoisotopic (exact) mass is 270 g/mol. The Labute approximate surface area is 107 Å². The van der Waals surface area contributed by atoms with Gasteiger partial charge in [0.05, 0.1) is 10.7 Å². The van der Waals surface area contributed by atoms with Crippen molar-refractivity contribution in [3.05, 3.63) is 52.8 Å². The molecule has 0 saturated heterocycles. The van der Waals surface area contributed by atoms with Gasteiger partial charge in [0.1, 0.15) is 18.1 Å². The fourth-order valence-corrected chi connectivity index (χ4v) is 1.48. The van der Waals surface area contributed by atoms with E-state index in [1.807, 2.05) is 0 Å². The molecule has 1 heterocycles. The number of hydrogen-bond acceptors (Lipinski definition) is 3. The molecule has 0 fully saturated rings. The molecule has 0 bridgehead atoms. The summed E-state index contributed by atoms with van der Waals surface area (Å²) >= 11 is 5.64. The number of nitrogen functional groups attached to an aromatic ring is 1. The Balaban J connectivity index is 2.16. The van der Waals surface area contributed by atoms with Gasteiger partial charge in [-0.2, -0.15) is 0 Å². The highest BCUT2D eigenvalue weighted by Gasteiger charge is 2.10. The molecule has 2 aromatic rings. The van der Waals surface area contributed by atoms with Crippen molar-refractivity contribution in [2.24, 2.45) is 0 Å². The Morgan fingerprint density at radius 1 is 1.28 bits per heavy atom. The minimum Gasteiger partial charge on any atom is -0.484 e. The van der Waals surface area contributed by atoms with E-state index in [1.54, 1.807) is 0 Å². The topological polar surface area (TPSA) is 48.1 Å². The van der Waals surface area contributed by atoms with Gasteiger partial charge in [-0.25, -0.2) is 8.78 Å². The van der Waals surface area contributed by atoms with Gasteiger partial charge in [-0.05, 0) is 18.2 Å². The van der Waals surface area contributed by atoms with Crippen LogP contribution in [0.5, 0.6) is 5.75 Å². The minimum absolute atomic E-state index is 0.0884. The number of halogens is 3. The SMILES string of the molecule is Nc1cc(OCc2ncccc2F)c(F)cc1Cl. The quantitative estimate of drug-likeness (QED) is 0.872. The van der Waals surface area contributed by atoms with Crippen molar-refractivity contribution in [2.75, 3.05) is 5.73 Å². The summed E-state index contributed by atoms with van der Waals surface area (Å²) in [6, 6.07) is 5.00. The lowest BCUT2D eigenvalue weighted by Gasteiger charge is -2.09. The van der Waals surface area contributed by atoms with Crippen molar-refractivity contribution in [1.29, 1.82) is 0 Å². The summed E-state index contributed by atoms with van der Waals surface area (Å²) in [7, 11) is 0. The lowest BCUT2D eigenvalue weighted by Crippen LogP contribution is -2.03. The highest BCUT2D eigenvalue weighted by molar-refractivity contribution is 6.33. The number of hydrogen-bond donors (Lipinski definition) is 1. The first-order chi connectivity index (χ1) is 8.58. The molecular weight excluding hydrogens is 262 g/mol. The first kappa shape index (κ1) is 12.6. The van der Waals surface area contributed by atoms with Crippen LogP contribution in [0.4, 0.5) is 14.5 Å². The maximum atomic E-state index is 13.5. The molecule has 1 aromatic heterocycles. The Morgan fingerprint density at radius 2 is 2.06 bits per heavy atom. The number of nitrogens with two attached hydrogens (primary N) is 1. The van der Waals surface area contributed by atoms with Crippen molar-refractivity contribution in [2.45, 2.75) is 6.61 Å². The maximum absolute atomic E-state index is 13.5. The average Bonchev–Trinajstić information content (AvgIpc) is 2.34. The lowest BCUT2D eigenvalue weighted by atomic mass is 10.3. The Morgan fingerprint density at radius 3 is 2.78 bits per heavy atom. The fourth-order valence-electron chi connectivity index (χ4n) is 1.33. The summed E-state index contributed by atoms with van der Waals surface area (Å²) in [5.41, 5.74) is 5.80. The average molecular weight is 271 g/mol. The summed E-state index contributed by atoms with van der Waals surface area (Å²) in [6.45, 7) is -0.190. The van der Waals surface area contributed by atoms with Gasteiger partial charge in [-0.15, -0.1) is 0 Å². The molecule has 2 N–H and O–H groups in total. The van der Waals surface area contributed by atoms with Gasteiger partial charge < -0.3 is 10.5 Å². The number of anilines is 1. The highest BCUT2D eigenvalue weighted by atomic mass is 35.5. The summed E-state index contributed by atoms with van der Waals surface area (Å²) in [6.07, 6.45) is 1.42. The number of benzene rings is 1. The second kappa shape index (κ2) is 5.18. The van der Waals surface area contributed by atoms with Crippen molar-refractivity contribution in [3.8, 4) is 5.75 Å². The molecule has 18 heavy (non-hydrogen) atoms. The van der Waals surface area contributed by atoms with E-state index in [0.29, 0.717) is 0 Å². The fraction of sp³-hybridized carbons (Fsp3) is 0.0833. The van der Waals surface area contributed by atoms with Crippen LogP contribution < -0.4 is 10.5 Å². The predicted octanol–water partition coefficient (Wildman–Crippen LogP) is 3.17. The molecule has 1 aromatic carbocycles. The van der Waals surface area contributed by atoms with E-state index >= 15 is 0 Å². The third kappa shape index (κ3) is 2.68. The van der Waals surface area contributed by atoms with E-state index in [1.165, 1.54) is 24.4 Å². The minimum atomic E-state index is -0.662. The number of aromatic nitrogens is 1. The van der Waals surface area contributed by atoms with Crippen LogP contribution >= 0.6 is 11.6 Å². The molecular formula is C12H9ClF2N2O. The number of rotatable bonds is 3. The van der Waals surface area contributed by atoms with Crippen molar-refractivity contribution in [1.82, 2.24) is 4.98 Å². The molecule has 94 valence electrons. The van der Waals surface area contributed by atoms with Gasteiger partial charge in [0.2, 0.25) is 0 Å². The van der Waals surface area contributed by atoms with Crippen LogP contribution in [0.2, 0.25) is 5.02 Å². The Bertz CT molecular complexity index is 578. The molecule has 2 rings (SSSR count). The van der Waals surface area contributed by atoms with Gasteiger partial charge in [0, 0.05) is 12.3 Å². The third-order valence-electron chi connectivity index (χ3n) is 2.25. The van der Waals surface area contributed by atoms with E-state index in [0.717, 1.165) is 6.07 Å². The zero-order valence-electron chi connectivity index (χ0n) is 9.16. The second-order valence-corrected chi connectivity index (χ2v) is 3.93. The normalized spacial score (nSPS) is 10.4. The molecule has 0 unspecified atom stereocenters. The van der Waals surface area contributed by atoms with Gasteiger partial charge in [-0.3, -0.25) is 4.98 Å². The predicted molar refractivity (Wildman–Crippen MR) is 64.3 cm³/mol. The molecule has 0 amide bonds. The summed E-state index contributed by atoms with van der Waals surface area (Å²) in [5.74, 6) is -1.27. The van der Waals surface area contributed by atoms with Crippen LogP contribution in [0.25, 0.3) is 0 Å². The van der Waals surface area contributed by atoms with Crippen LogP contribution in [-0.4, -0.2) is 4.98 Å². The summed E-state index contributed by atoms with van der Waals surface area (Å²) in [5, 5.41) is 0.101. The van der Waals surface area contributed by atoms with Gasteiger partial charge in [0.15, 0.2) is 11.6 Å². The van der Waals surface area contributed by atoms with Gasteiger partial charge in [-0.1, -0.05) is 11.6 Å². The van der Waals surface area contributed by atoms with Crippen LogP contribution in [0.15, 0.2) is 30.5 Å².